The van der Waals surface area contributed by atoms with Gasteiger partial charge in [0.15, 0.2) is 0 Å². The van der Waals surface area contributed by atoms with E-state index < -0.39 is 0 Å². The Bertz CT molecular complexity index is 275. The maximum atomic E-state index is 5.74. The van der Waals surface area contributed by atoms with Crippen molar-refractivity contribution in [1.29, 1.82) is 0 Å². The van der Waals surface area contributed by atoms with Gasteiger partial charge in [0.25, 0.3) is 0 Å². The van der Waals surface area contributed by atoms with Crippen molar-refractivity contribution in [3.63, 3.8) is 0 Å². The third-order valence-corrected chi connectivity index (χ3v) is 2.31. The second-order valence-electron chi connectivity index (χ2n) is 1.86. The van der Waals surface area contributed by atoms with Crippen LogP contribution in [0, 0.1) is 0 Å². The number of hydrazine groups is 1. The fraction of sp³-hybridized carbons (Fsp3) is 0. The molecule has 1 aromatic carbocycles. The summed E-state index contributed by atoms with van der Waals surface area (Å²) in [6.07, 6.45) is 0. The van der Waals surface area contributed by atoms with E-state index in [2.05, 4.69) is 5.43 Å². The maximum Gasteiger partial charge on any atom is 0.0876 e. The van der Waals surface area contributed by atoms with E-state index in [0.29, 0.717) is 20.8 Å². The molecule has 0 bridgehead atoms. The standard InChI is InChI=1S/C6H5Cl3N2/c7-3-1-2-4(8)6(11-10)5(3)9/h1-2,11H,10H2. The molecular weight excluding hydrogens is 206 g/mol. The molecule has 0 atom stereocenters. The van der Waals surface area contributed by atoms with Crippen molar-refractivity contribution in [3.8, 4) is 0 Å². The fourth-order valence-electron chi connectivity index (χ4n) is 0.659. The molecule has 0 spiro atoms. The first kappa shape index (κ1) is 8.94. The number of nitrogens with two attached hydrogens (primary N) is 1. The zero-order valence-electron chi connectivity index (χ0n) is 5.37. The summed E-state index contributed by atoms with van der Waals surface area (Å²) in [5.74, 6) is 5.14. The summed E-state index contributed by atoms with van der Waals surface area (Å²) in [6, 6.07) is 3.22. The third-order valence-electron chi connectivity index (χ3n) is 1.19. The number of benzene rings is 1. The molecule has 0 saturated heterocycles. The second kappa shape index (κ2) is 3.50. The Morgan fingerprint density at radius 1 is 1.09 bits per heavy atom. The molecule has 0 saturated carbocycles. The molecule has 0 fully saturated rings. The van der Waals surface area contributed by atoms with Crippen LogP contribution in [0.15, 0.2) is 12.1 Å². The number of nitrogen functional groups attached to an aromatic ring is 1. The van der Waals surface area contributed by atoms with Gasteiger partial charge in [-0.15, -0.1) is 0 Å². The van der Waals surface area contributed by atoms with E-state index in [4.69, 9.17) is 40.6 Å². The van der Waals surface area contributed by atoms with Gasteiger partial charge in [-0.25, -0.2) is 0 Å². The minimum atomic E-state index is 0.335. The van der Waals surface area contributed by atoms with Gasteiger partial charge in [-0.3, -0.25) is 5.84 Å². The summed E-state index contributed by atoms with van der Waals surface area (Å²) in [7, 11) is 0. The summed E-state index contributed by atoms with van der Waals surface area (Å²) in [4.78, 5) is 0. The molecule has 0 heterocycles. The monoisotopic (exact) mass is 210 g/mol. The van der Waals surface area contributed by atoms with E-state index in [1.54, 1.807) is 12.1 Å². The highest BCUT2D eigenvalue weighted by Gasteiger charge is 2.06. The van der Waals surface area contributed by atoms with Gasteiger partial charge in [0, 0.05) is 0 Å². The third kappa shape index (κ3) is 1.71. The Morgan fingerprint density at radius 2 is 1.64 bits per heavy atom. The zero-order chi connectivity index (χ0) is 8.43. The second-order valence-corrected chi connectivity index (χ2v) is 3.05. The van der Waals surface area contributed by atoms with Crippen LogP contribution in [0.25, 0.3) is 0 Å². The Hall–Kier alpha value is -0.150. The Kier molecular flexibility index (Phi) is 2.84. The van der Waals surface area contributed by atoms with Crippen LogP contribution in [-0.2, 0) is 0 Å². The van der Waals surface area contributed by atoms with Crippen LogP contribution in [0.1, 0.15) is 0 Å². The fourth-order valence-corrected chi connectivity index (χ4v) is 1.30. The molecule has 3 N–H and O–H groups in total. The number of halogens is 3. The highest BCUT2D eigenvalue weighted by atomic mass is 35.5. The van der Waals surface area contributed by atoms with Crippen molar-refractivity contribution in [2.24, 2.45) is 5.84 Å². The van der Waals surface area contributed by atoms with Gasteiger partial charge >= 0.3 is 0 Å². The smallest absolute Gasteiger partial charge is 0.0876 e. The summed E-state index contributed by atoms with van der Waals surface area (Å²) < 4.78 is 0. The summed E-state index contributed by atoms with van der Waals surface area (Å²) >= 11 is 17.1. The molecule has 0 aliphatic carbocycles. The lowest BCUT2D eigenvalue weighted by Gasteiger charge is -2.05. The lowest BCUT2D eigenvalue weighted by atomic mass is 10.3. The Balaban J connectivity index is 3.29. The molecule has 5 heteroatoms. The van der Waals surface area contributed by atoms with Gasteiger partial charge in [-0.2, -0.15) is 0 Å². The molecule has 60 valence electrons. The molecule has 0 aliphatic heterocycles. The van der Waals surface area contributed by atoms with Gasteiger partial charge in [0.2, 0.25) is 0 Å². The summed E-state index contributed by atoms with van der Waals surface area (Å²) in [5.41, 5.74) is 2.80. The van der Waals surface area contributed by atoms with Crippen molar-refractivity contribution < 1.29 is 0 Å². The van der Waals surface area contributed by atoms with Gasteiger partial charge in [-0.05, 0) is 12.1 Å². The topological polar surface area (TPSA) is 38.0 Å². The molecule has 0 unspecified atom stereocenters. The molecule has 0 radical (unpaired) electrons. The van der Waals surface area contributed by atoms with Crippen LogP contribution < -0.4 is 11.3 Å². The normalized spacial score (nSPS) is 9.82. The predicted octanol–water partition coefficient (Wildman–Crippen LogP) is 2.93. The molecule has 0 aromatic heterocycles. The van der Waals surface area contributed by atoms with E-state index in [1.165, 1.54) is 0 Å². The van der Waals surface area contributed by atoms with Crippen LogP contribution in [0.5, 0.6) is 0 Å². The average Bonchev–Trinajstić information content (AvgIpc) is 1.99. The first-order chi connectivity index (χ1) is 5.16. The maximum absolute atomic E-state index is 5.74. The van der Waals surface area contributed by atoms with Gasteiger partial charge in [0.05, 0.1) is 20.8 Å². The largest absolute Gasteiger partial charge is 0.321 e. The van der Waals surface area contributed by atoms with Crippen LogP contribution in [-0.4, -0.2) is 0 Å². The lowest BCUT2D eigenvalue weighted by molar-refractivity contribution is 1.35. The van der Waals surface area contributed by atoms with Crippen LogP contribution in [0.3, 0.4) is 0 Å². The Morgan fingerprint density at radius 3 is 2.09 bits per heavy atom. The lowest BCUT2D eigenvalue weighted by Crippen LogP contribution is -2.07. The van der Waals surface area contributed by atoms with Crippen molar-refractivity contribution >= 4 is 40.5 Å². The summed E-state index contributed by atoms with van der Waals surface area (Å²) in [6.45, 7) is 0. The molecule has 1 rings (SSSR count). The van der Waals surface area contributed by atoms with Crippen molar-refractivity contribution in [2.45, 2.75) is 0 Å². The number of rotatable bonds is 1. The molecule has 2 nitrogen and oxygen atoms in total. The number of hydrogen-bond acceptors (Lipinski definition) is 2. The SMILES string of the molecule is NNc1c(Cl)ccc(Cl)c1Cl. The first-order valence-corrected chi connectivity index (χ1v) is 3.90. The van der Waals surface area contributed by atoms with Crippen LogP contribution >= 0.6 is 34.8 Å². The predicted molar refractivity (Wildman–Crippen MR) is 49.3 cm³/mol. The van der Waals surface area contributed by atoms with Crippen LogP contribution in [0.4, 0.5) is 5.69 Å². The molecule has 11 heavy (non-hydrogen) atoms. The molecule has 1 aromatic rings. The number of hydrogen-bond donors (Lipinski definition) is 2. The first-order valence-electron chi connectivity index (χ1n) is 2.77. The molecular formula is C6H5Cl3N2. The highest BCUT2D eigenvalue weighted by molar-refractivity contribution is 6.46. The summed E-state index contributed by atoms with van der Waals surface area (Å²) in [5, 5.41) is 1.20. The van der Waals surface area contributed by atoms with Crippen molar-refractivity contribution in [2.75, 3.05) is 5.43 Å². The van der Waals surface area contributed by atoms with Gasteiger partial charge in [-0.1, -0.05) is 34.8 Å². The number of nitrogens with one attached hydrogen (secondary N) is 1. The van der Waals surface area contributed by atoms with Crippen LogP contribution in [0.2, 0.25) is 15.1 Å². The van der Waals surface area contributed by atoms with Crippen molar-refractivity contribution in [3.05, 3.63) is 27.2 Å². The van der Waals surface area contributed by atoms with E-state index in [-0.39, 0.29) is 0 Å². The van der Waals surface area contributed by atoms with Gasteiger partial charge < -0.3 is 5.43 Å². The quantitative estimate of drug-likeness (QED) is 0.426. The van der Waals surface area contributed by atoms with E-state index in [9.17, 15) is 0 Å². The minimum absolute atomic E-state index is 0.335. The minimum Gasteiger partial charge on any atom is -0.321 e. The zero-order valence-corrected chi connectivity index (χ0v) is 7.63. The molecule has 0 aliphatic rings. The van der Waals surface area contributed by atoms with E-state index >= 15 is 0 Å². The van der Waals surface area contributed by atoms with Crippen molar-refractivity contribution in [1.82, 2.24) is 0 Å². The van der Waals surface area contributed by atoms with Gasteiger partial charge in [0.1, 0.15) is 0 Å². The average molecular weight is 211 g/mol. The van der Waals surface area contributed by atoms with E-state index in [0.717, 1.165) is 0 Å². The number of anilines is 1. The Labute approximate surface area is 79.2 Å². The highest BCUT2D eigenvalue weighted by Crippen LogP contribution is 2.34. The van der Waals surface area contributed by atoms with E-state index in [1.807, 2.05) is 0 Å². The molecule has 0 amide bonds.